The standard InChI is InChI=1S/C14H17NO2S/c1-9(2)10(8-18)7-15-13(16)11-5-3-4-6-12(11)14(15)17/h3-6,9-10,18H,7-8H2,1-2H3. The fraction of sp³-hybridized carbons (Fsp3) is 0.429. The summed E-state index contributed by atoms with van der Waals surface area (Å²) in [5.41, 5.74) is 1.04. The van der Waals surface area contributed by atoms with Crippen molar-refractivity contribution in [3.8, 4) is 0 Å². The molecule has 0 radical (unpaired) electrons. The van der Waals surface area contributed by atoms with Gasteiger partial charge >= 0.3 is 0 Å². The largest absolute Gasteiger partial charge is 0.274 e. The fourth-order valence-electron chi connectivity index (χ4n) is 2.12. The molecule has 96 valence electrons. The van der Waals surface area contributed by atoms with Gasteiger partial charge in [0.25, 0.3) is 11.8 Å². The predicted octanol–water partition coefficient (Wildman–Crippen LogP) is 2.48. The van der Waals surface area contributed by atoms with Crippen LogP contribution in [0.1, 0.15) is 34.6 Å². The molecule has 1 unspecified atom stereocenters. The zero-order valence-corrected chi connectivity index (χ0v) is 11.5. The van der Waals surface area contributed by atoms with Gasteiger partial charge in [0.1, 0.15) is 0 Å². The Balaban J connectivity index is 2.23. The Morgan fingerprint density at radius 2 is 1.61 bits per heavy atom. The Morgan fingerprint density at radius 3 is 2.00 bits per heavy atom. The number of hydrogen-bond acceptors (Lipinski definition) is 3. The Labute approximate surface area is 113 Å². The van der Waals surface area contributed by atoms with E-state index in [1.807, 2.05) is 0 Å². The average Bonchev–Trinajstić information content (AvgIpc) is 2.60. The van der Waals surface area contributed by atoms with Gasteiger partial charge in [-0.2, -0.15) is 12.6 Å². The first kappa shape index (κ1) is 13.1. The normalized spacial score (nSPS) is 16.3. The van der Waals surface area contributed by atoms with Crippen molar-refractivity contribution in [2.24, 2.45) is 11.8 Å². The van der Waals surface area contributed by atoms with E-state index >= 15 is 0 Å². The molecular formula is C14H17NO2S. The van der Waals surface area contributed by atoms with E-state index in [4.69, 9.17) is 0 Å². The van der Waals surface area contributed by atoms with Crippen LogP contribution >= 0.6 is 12.6 Å². The summed E-state index contributed by atoms with van der Waals surface area (Å²) < 4.78 is 0. The Kier molecular flexibility index (Phi) is 3.76. The smallest absolute Gasteiger partial charge is 0.261 e. The van der Waals surface area contributed by atoms with Crippen molar-refractivity contribution >= 4 is 24.4 Å². The summed E-state index contributed by atoms with van der Waals surface area (Å²) >= 11 is 4.30. The number of carbonyl (C=O) groups excluding carboxylic acids is 2. The molecule has 2 amide bonds. The van der Waals surface area contributed by atoms with E-state index in [0.717, 1.165) is 0 Å². The highest BCUT2D eigenvalue weighted by molar-refractivity contribution is 7.80. The number of hydrogen-bond donors (Lipinski definition) is 1. The molecule has 0 aromatic heterocycles. The van der Waals surface area contributed by atoms with Crippen LogP contribution in [0.2, 0.25) is 0 Å². The van der Waals surface area contributed by atoms with Crippen molar-refractivity contribution in [2.75, 3.05) is 12.3 Å². The van der Waals surface area contributed by atoms with Crippen molar-refractivity contribution in [1.82, 2.24) is 4.90 Å². The number of amides is 2. The van der Waals surface area contributed by atoms with Crippen LogP contribution < -0.4 is 0 Å². The number of nitrogens with zero attached hydrogens (tertiary/aromatic N) is 1. The third kappa shape index (κ3) is 2.17. The minimum atomic E-state index is -0.178. The van der Waals surface area contributed by atoms with E-state index in [-0.39, 0.29) is 17.7 Å². The first-order valence-corrected chi connectivity index (χ1v) is 6.75. The summed E-state index contributed by atoms with van der Waals surface area (Å²) in [5, 5.41) is 0. The molecule has 1 aromatic carbocycles. The minimum Gasteiger partial charge on any atom is -0.274 e. The number of imide groups is 1. The first-order valence-electron chi connectivity index (χ1n) is 6.12. The summed E-state index contributed by atoms with van der Waals surface area (Å²) in [6, 6.07) is 6.99. The van der Waals surface area contributed by atoms with Gasteiger partial charge in [-0.25, -0.2) is 0 Å². The zero-order valence-electron chi connectivity index (χ0n) is 10.6. The predicted molar refractivity (Wildman–Crippen MR) is 74.0 cm³/mol. The molecular weight excluding hydrogens is 246 g/mol. The van der Waals surface area contributed by atoms with Crippen molar-refractivity contribution in [3.63, 3.8) is 0 Å². The van der Waals surface area contributed by atoms with Gasteiger partial charge in [-0.05, 0) is 29.7 Å². The molecule has 0 saturated heterocycles. The van der Waals surface area contributed by atoms with Gasteiger partial charge in [-0.15, -0.1) is 0 Å². The lowest BCUT2D eigenvalue weighted by Crippen LogP contribution is -2.36. The number of fused-ring (bicyclic) bond motifs is 1. The quantitative estimate of drug-likeness (QED) is 0.669. The van der Waals surface area contributed by atoms with Gasteiger partial charge in [0, 0.05) is 6.54 Å². The second-order valence-electron chi connectivity index (χ2n) is 4.95. The monoisotopic (exact) mass is 263 g/mol. The maximum absolute atomic E-state index is 12.2. The lowest BCUT2D eigenvalue weighted by Gasteiger charge is -2.23. The SMILES string of the molecule is CC(C)C(CS)CN1C(=O)c2ccccc2C1=O. The van der Waals surface area contributed by atoms with E-state index in [2.05, 4.69) is 26.5 Å². The topological polar surface area (TPSA) is 37.4 Å². The number of thiol groups is 1. The van der Waals surface area contributed by atoms with E-state index in [1.54, 1.807) is 24.3 Å². The third-order valence-electron chi connectivity index (χ3n) is 3.47. The van der Waals surface area contributed by atoms with Crippen molar-refractivity contribution in [1.29, 1.82) is 0 Å². The second-order valence-corrected chi connectivity index (χ2v) is 5.32. The maximum Gasteiger partial charge on any atom is 0.261 e. The van der Waals surface area contributed by atoms with E-state index in [0.29, 0.717) is 29.3 Å². The molecule has 0 N–H and O–H groups in total. The molecule has 1 atom stereocenters. The molecule has 1 aliphatic rings. The van der Waals surface area contributed by atoms with Gasteiger partial charge in [-0.3, -0.25) is 14.5 Å². The van der Waals surface area contributed by atoms with Gasteiger partial charge < -0.3 is 0 Å². The highest BCUT2D eigenvalue weighted by atomic mass is 32.1. The Hall–Kier alpha value is -1.29. The molecule has 1 aliphatic heterocycles. The maximum atomic E-state index is 12.2. The van der Waals surface area contributed by atoms with Crippen LogP contribution in [0.4, 0.5) is 0 Å². The summed E-state index contributed by atoms with van der Waals surface area (Å²) in [6.07, 6.45) is 0. The van der Waals surface area contributed by atoms with Crippen LogP contribution in [-0.4, -0.2) is 29.0 Å². The molecule has 2 rings (SSSR count). The Morgan fingerprint density at radius 1 is 1.11 bits per heavy atom. The lowest BCUT2D eigenvalue weighted by atomic mass is 9.97. The van der Waals surface area contributed by atoms with Crippen LogP contribution in [0.5, 0.6) is 0 Å². The third-order valence-corrected chi connectivity index (χ3v) is 3.94. The van der Waals surface area contributed by atoms with Crippen molar-refractivity contribution < 1.29 is 9.59 Å². The number of benzene rings is 1. The summed E-state index contributed by atoms with van der Waals surface area (Å²) in [6.45, 7) is 4.62. The lowest BCUT2D eigenvalue weighted by molar-refractivity contribution is 0.0622. The molecule has 3 nitrogen and oxygen atoms in total. The van der Waals surface area contributed by atoms with Crippen molar-refractivity contribution in [2.45, 2.75) is 13.8 Å². The molecule has 18 heavy (non-hydrogen) atoms. The van der Waals surface area contributed by atoms with Crippen LogP contribution in [0.25, 0.3) is 0 Å². The molecule has 0 aliphatic carbocycles. The minimum absolute atomic E-state index is 0.178. The molecule has 0 bridgehead atoms. The van der Waals surface area contributed by atoms with Crippen LogP contribution in [-0.2, 0) is 0 Å². The van der Waals surface area contributed by atoms with Crippen molar-refractivity contribution in [3.05, 3.63) is 35.4 Å². The fourth-order valence-corrected chi connectivity index (χ4v) is 2.66. The number of carbonyl (C=O) groups is 2. The molecule has 0 fully saturated rings. The summed E-state index contributed by atoms with van der Waals surface area (Å²) in [4.78, 5) is 25.7. The van der Waals surface area contributed by atoms with Gasteiger partial charge in [0.2, 0.25) is 0 Å². The molecule has 4 heteroatoms. The molecule has 0 spiro atoms. The van der Waals surface area contributed by atoms with E-state index < -0.39 is 0 Å². The Bertz CT molecular complexity index is 449. The zero-order chi connectivity index (χ0) is 13.3. The highest BCUT2D eigenvalue weighted by Gasteiger charge is 2.36. The van der Waals surface area contributed by atoms with Crippen LogP contribution in [0.3, 0.4) is 0 Å². The first-order chi connectivity index (χ1) is 8.56. The number of rotatable bonds is 4. The van der Waals surface area contributed by atoms with Gasteiger partial charge in [0.15, 0.2) is 0 Å². The highest BCUT2D eigenvalue weighted by Crippen LogP contribution is 2.25. The summed E-state index contributed by atoms with van der Waals surface area (Å²) in [7, 11) is 0. The molecule has 1 aromatic rings. The molecule has 1 heterocycles. The van der Waals surface area contributed by atoms with E-state index in [1.165, 1.54) is 4.90 Å². The van der Waals surface area contributed by atoms with Gasteiger partial charge in [0.05, 0.1) is 11.1 Å². The van der Waals surface area contributed by atoms with Gasteiger partial charge in [-0.1, -0.05) is 26.0 Å². The van der Waals surface area contributed by atoms with Crippen LogP contribution in [0, 0.1) is 11.8 Å². The second kappa shape index (κ2) is 5.14. The van der Waals surface area contributed by atoms with E-state index in [9.17, 15) is 9.59 Å². The molecule has 0 saturated carbocycles. The average molecular weight is 263 g/mol. The van der Waals surface area contributed by atoms with Crippen LogP contribution in [0.15, 0.2) is 24.3 Å². The summed E-state index contributed by atoms with van der Waals surface area (Å²) in [5.74, 6) is 0.943.